The van der Waals surface area contributed by atoms with Crippen molar-refractivity contribution in [1.29, 1.82) is 0 Å². The molecule has 3 aliphatic rings. The smallest absolute Gasteiger partial charge is 0.320 e. The Kier molecular flexibility index (Phi) is 3.69. The predicted molar refractivity (Wildman–Crippen MR) is 80.7 cm³/mol. The maximum Gasteiger partial charge on any atom is 0.320 e. The van der Waals surface area contributed by atoms with Gasteiger partial charge >= 0.3 is 6.03 Å². The molecule has 1 saturated carbocycles. The van der Waals surface area contributed by atoms with E-state index in [1.807, 2.05) is 0 Å². The lowest BCUT2D eigenvalue weighted by Gasteiger charge is -2.36. The number of nitrogens with zero attached hydrogens (tertiary/aromatic N) is 2. The summed E-state index contributed by atoms with van der Waals surface area (Å²) in [6.07, 6.45) is 6.05. The summed E-state index contributed by atoms with van der Waals surface area (Å²) >= 11 is 0. The summed E-state index contributed by atoms with van der Waals surface area (Å²) < 4.78 is 0. The zero-order valence-electron chi connectivity index (χ0n) is 13.2. The third kappa shape index (κ3) is 2.12. The van der Waals surface area contributed by atoms with Crippen molar-refractivity contribution in [1.82, 2.24) is 15.1 Å². The zero-order chi connectivity index (χ0) is 14.3. The molecular formula is C16H29N3O. The highest BCUT2D eigenvalue weighted by Crippen LogP contribution is 2.47. The lowest BCUT2D eigenvalue weighted by molar-refractivity contribution is 0.128. The summed E-state index contributed by atoms with van der Waals surface area (Å²) in [5, 5.41) is 3.70. The molecule has 4 heteroatoms. The van der Waals surface area contributed by atoms with Gasteiger partial charge < -0.3 is 15.1 Å². The van der Waals surface area contributed by atoms with Crippen LogP contribution >= 0.6 is 0 Å². The number of fused-ring (bicyclic) bond motifs is 1. The molecule has 1 N–H and O–H groups in total. The van der Waals surface area contributed by atoms with E-state index in [0.717, 1.165) is 38.4 Å². The van der Waals surface area contributed by atoms with Gasteiger partial charge in [-0.3, -0.25) is 0 Å². The summed E-state index contributed by atoms with van der Waals surface area (Å²) in [7, 11) is 0. The van der Waals surface area contributed by atoms with Crippen LogP contribution in [0.15, 0.2) is 0 Å². The van der Waals surface area contributed by atoms with Crippen LogP contribution in [0.3, 0.4) is 0 Å². The van der Waals surface area contributed by atoms with Crippen LogP contribution in [0.1, 0.15) is 52.9 Å². The van der Waals surface area contributed by atoms with Gasteiger partial charge in [-0.25, -0.2) is 4.79 Å². The van der Waals surface area contributed by atoms with Crippen LogP contribution in [0.25, 0.3) is 0 Å². The van der Waals surface area contributed by atoms with Gasteiger partial charge in [0.15, 0.2) is 0 Å². The van der Waals surface area contributed by atoms with Crippen LogP contribution in [0, 0.1) is 5.92 Å². The summed E-state index contributed by atoms with van der Waals surface area (Å²) in [5.74, 6) is 0.777. The van der Waals surface area contributed by atoms with Crippen LogP contribution in [0.5, 0.6) is 0 Å². The molecule has 2 heterocycles. The molecule has 2 saturated heterocycles. The Morgan fingerprint density at radius 2 is 2.20 bits per heavy atom. The van der Waals surface area contributed by atoms with Crippen molar-refractivity contribution < 1.29 is 4.79 Å². The summed E-state index contributed by atoms with van der Waals surface area (Å²) in [6.45, 7) is 9.52. The number of piperidine rings is 1. The lowest BCUT2D eigenvalue weighted by Crippen LogP contribution is -2.49. The van der Waals surface area contributed by atoms with Gasteiger partial charge in [0.1, 0.15) is 0 Å². The number of rotatable bonds is 3. The standard InChI is InChI=1S/C16H29N3O/c1-4-8-18-11-16(19(12(2)3)15(18)20)9-13-6-5-7-17-14(13)10-16/h12-14,17H,4-11H2,1-3H3. The Labute approximate surface area is 122 Å². The molecule has 0 aromatic carbocycles. The maximum atomic E-state index is 12.7. The van der Waals surface area contributed by atoms with Crippen LogP contribution in [-0.2, 0) is 0 Å². The molecule has 0 aromatic rings. The highest BCUT2D eigenvalue weighted by Gasteiger charge is 2.56. The molecule has 0 bridgehead atoms. The van der Waals surface area contributed by atoms with Crippen LogP contribution in [0.2, 0.25) is 0 Å². The van der Waals surface area contributed by atoms with Crippen molar-refractivity contribution in [2.24, 2.45) is 5.92 Å². The van der Waals surface area contributed by atoms with Gasteiger partial charge in [-0.15, -0.1) is 0 Å². The fourth-order valence-electron chi connectivity index (χ4n) is 4.88. The number of hydrogen-bond acceptors (Lipinski definition) is 2. The fraction of sp³-hybridized carbons (Fsp3) is 0.938. The quantitative estimate of drug-likeness (QED) is 0.861. The van der Waals surface area contributed by atoms with E-state index in [9.17, 15) is 4.79 Å². The predicted octanol–water partition coefficient (Wildman–Crippen LogP) is 2.44. The van der Waals surface area contributed by atoms with Gasteiger partial charge in [0.05, 0.1) is 5.54 Å². The molecule has 114 valence electrons. The number of carbonyl (C=O) groups is 1. The first-order valence-electron chi connectivity index (χ1n) is 8.39. The number of amides is 2. The maximum absolute atomic E-state index is 12.7. The van der Waals surface area contributed by atoms with E-state index in [-0.39, 0.29) is 11.6 Å². The molecule has 2 aliphatic heterocycles. The van der Waals surface area contributed by atoms with Crippen LogP contribution < -0.4 is 5.32 Å². The van der Waals surface area contributed by atoms with Gasteiger partial charge in [-0.1, -0.05) is 6.92 Å². The van der Waals surface area contributed by atoms with E-state index < -0.39 is 0 Å². The van der Waals surface area contributed by atoms with Gasteiger partial charge in [-0.05, 0) is 58.4 Å². The highest BCUT2D eigenvalue weighted by molar-refractivity contribution is 5.78. The van der Waals surface area contributed by atoms with Gasteiger partial charge in [0.25, 0.3) is 0 Å². The van der Waals surface area contributed by atoms with Crippen LogP contribution in [-0.4, -0.2) is 53.1 Å². The minimum absolute atomic E-state index is 0.104. The van der Waals surface area contributed by atoms with Crippen molar-refractivity contribution in [3.05, 3.63) is 0 Å². The minimum atomic E-state index is 0.104. The molecule has 2 amide bonds. The molecule has 3 rings (SSSR count). The Bertz CT molecular complexity index is 368. The molecule has 3 fully saturated rings. The highest BCUT2D eigenvalue weighted by atomic mass is 16.2. The number of nitrogens with one attached hydrogen (secondary N) is 1. The third-order valence-electron chi connectivity index (χ3n) is 5.45. The van der Waals surface area contributed by atoms with Gasteiger partial charge in [0, 0.05) is 25.2 Å². The van der Waals surface area contributed by atoms with Gasteiger partial charge in [0.2, 0.25) is 0 Å². The lowest BCUT2D eigenvalue weighted by atomic mass is 9.91. The summed E-state index contributed by atoms with van der Waals surface area (Å²) in [6, 6.07) is 1.23. The van der Waals surface area contributed by atoms with E-state index in [4.69, 9.17) is 0 Å². The molecule has 0 aromatic heterocycles. The first kappa shape index (κ1) is 14.2. The van der Waals surface area contributed by atoms with Crippen molar-refractivity contribution in [2.45, 2.75) is 70.5 Å². The largest absolute Gasteiger partial charge is 0.322 e. The molecule has 3 unspecified atom stereocenters. The molecular weight excluding hydrogens is 250 g/mol. The van der Waals surface area contributed by atoms with E-state index in [1.165, 1.54) is 19.3 Å². The van der Waals surface area contributed by atoms with E-state index >= 15 is 0 Å². The normalized spacial score (nSPS) is 37.3. The monoisotopic (exact) mass is 279 g/mol. The van der Waals surface area contributed by atoms with Crippen LogP contribution in [0.4, 0.5) is 4.79 Å². The SMILES string of the molecule is CCCN1CC2(CC3CCCNC3C2)N(C(C)C)C1=O. The molecule has 3 atom stereocenters. The van der Waals surface area contributed by atoms with Crippen molar-refractivity contribution in [3.63, 3.8) is 0 Å². The Morgan fingerprint density at radius 3 is 2.85 bits per heavy atom. The zero-order valence-corrected chi connectivity index (χ0v) is 13.2. The minimum Gasteiger partial charge on any atom is -0.322 e. The average molecular weight is 279 g/mol. The Hall–Kier alpha value is -0.770. The second-order valence-corrected chi connectivity index (χ2v) is 7.26. The first-order valence-corrected chi connectivity index (χ1v) is 8.39. The van der Waals surface area contributed by atoms with Crippen molar-refractivity contribution in [2.75, 3.05) is 19.6 Å². The number of hydrogen-bond donors (Lipinski definition) is 1. The summed E-state index contributed by atoms with van der Waals surface area (Å²) in [5.41, 5.74) is 0.104. The second kappa shape index (κ2) is 5.21. The molecule has 0 radical (unpaired) electrons. The number of urea groups is 1. The van der Waals surface area contributed by atoms with E-state index in [0.29, 0.717) is 12.1 Å². The fourth-order valence-corrected chi connectivity index (χ4v) is 4.88. The number of carbonyl (C=O) groups excluding carboxylic acids is 1. The average Bonchev–Trinajstić information content (AvgIpc) is 2.87. The molecule has 20 heavy (non-hydrogen) atoms. The topological polar surface area (TPSA) is 35.6 Å². The molecule has 4 nitrogen and oxygen atoms in total. The Balaban J connectivity index is 1.85. The summed E-state index contributed by atoms with van der Waals surface area (Å²) in [4.78, 5) is 17.0. The third-order valence-corrected chi connectivity index (χ3v) is 5.45. The van der Waals surface area contributed by atoms with E-state index in [1.54, 1.807) is 0 Å². The second-order valence-electron chi connectivity index (χ2n) is 7.26. The Morgan fingerprint density at radius 1 is 1.40 bits per heavy atom. The van der Waals surface area contributed by atoms with E-state index in [2.05, 4.69) is 35.9 Å². The molecule has 1 spiro atoms. The molecule has 1 aliphatic carbocycles. The van der Waals surface area contributed by atoms with Crippen molar-refractivity contribution in [3.8, 4) is 0 Å². The van der Waals surface area contributed by atoms with Gasteiger partial charge in [-0.2, -0.15) is 0 Å². The van der Waals surface area contributed by atoms with Crippen molar-refractivity contribution >= 4 is 6.03 Å². The first-order chi connectivity index (χ1) is 9.57.